The summed E-state index contributed by atoms with van der Waals surface area (Å²) >= 11 is 0. The lowest BCUT2D eigenvalue weighted by Gasteiger charge is -2.36. The number of hydrogen-bond acceptors (Lipinski definition) is 3. The van der Waals surface area contributed by atoms with Gasteiger partial charge in [-0.15, -0.1) is 0 Å². The smallest absolute Gasteiger partial charge is 0.227 e. The molecule has 1 aromatic heterocycles. The monoisotopic (exact) mass is 379 g/mol. The summed E-state index contributed by atoms with van der Waals surface area (Å²) in [6, 6.07) is 8.90. The number of piperazine rings is 1. The van der Waals surface area contributed by atoms with Crippen molar-refractivity contribution in [2.24, 2.45) is 0 Å². The summed E-state index contributed by atoms with van der Waals surface area (Å²) in [7, 11) is 0. The third kappa shape index (κ3) is 4.17. The van der Waals surface area contributed by atoms with Crippen LogP contribution in [0.3, 0.4) is 0 Å². The van der Waals surface area contributed by atoms with E-state index in [4.69, 9.17) is 0 Å². The number of carbonyl (C=O) groups excluding carboxylic acids is 1. The molecule has 150 valence electrons. The predicted octanol–water partition coefficient (Wildman–Crippen LogP) is 4.09. The zero-order valence-corrected chi connectivity index (χ0v) is 17.4. The third-order valence-electron chi connectivity index (χ3n) is 6.43. The van der Waals surface area contributed by atoms with E-state index in [0.29, 0.717) is 0 Å². The molecular formula is C24H33N3O. The van der Waals surface area contributed by atoms with Gasteiger partial charge in [0, 0.05) is 50.7 Å². The average molecular weight is 380 g/mol. The summed E-state index contributed by atoms with van der Waals surface area (Å²) in [5, 5.41) is 0. The average Bonchev–Trinajstić information content (AvgIpc) is 3.08. The number of aromatic nitrogens is 1. The SMILES string of the molecule is CC(=O)n1cc(CCCN2CCN(c3ccc(C)cc3)CC2)c2c1CCCC2. The Morgan fingerprint density at radius 3 is 2.43 bits per heavy atom. The Bertz CT molecular complexity index is 813. The third-order valence-corrected chi connectivity index (χ3v) is 6.43. The standard InChI is InChI=1S/C24H33N3O/c1-19-9-11-22(12-10-19)26-16-14-25(15-17-26)13-5-6-21-18-27(20(2)28)24-8-4-3-7-23(21)24/h9-12,18H,3-8,13-17H2,1-2H3. The van der Waals surface area contributed by atoms with Crippen LogP contribution in [0.5, 0.6) is 0 Å². The van der Waals surface area contributed by atoms with E-state index in [-0.39, 0.29) is 5.91 Å². The highest BCUT2D eigenvalue weighted by molar-refractivity contribution is 5.78. The van der Waals surface area contributed by atoms with Gasteiger partial charge in [-0.25, -0.2) is 0 Å². The molecule has 0 amide bonds. The van der Waals surface area contributed by atoms with Crippen molar-refractivity contribution in [1.82, 2.24) is 9.47 Å². The molecule has 2 aliphatic rings. The van der Waals surface area contributed by atoms with Crippen molar-refractivity contribution in [3.63, 3.8) is 0 Å². The summed E-state index contributed by atoms with van der Waals surface area (Å²) in [5.74, 6) is 0.164. The second kappa shape index (κ2) is 8.52. The molecule has 2 aromatic rings. The molecule has 0 N–H and O–H groups in total. The van der Waals surface area contributed by atoms with Gasteiger partial charge in [0.15, 0.2) is 0 Å². The number of fused-ring (bicyclic) bond motifs is 1. The number of rotatable bonds is 5. The fourth-order valence-electron chi connectivity index (χ4n) is 4.79. The van der Waals surface area contributed by atoms with Gasteiger partial charge >= 0.3 is 0 Å². The van der Waals surface area contributed by atoms with Crippen LogP contribution in [-0.2, 0) is 19.3 Å². The first-order valence-corrected chi connectivity index (χ1v) is 10.9. The first kappa shape index (κ1) is 19.3. The minimum Gasteiger partial charge on any atom is -0.369 e. The second-order valence-electron chi connectivity index (χ2n) is 8.44. The zero-order valence-electron chi connectivity index (χ0n) is 17.4. The maximum atomic E-state index is 12.0. The summed E-state index contributed by atoms with van der Waals surface area (Å²) in [6.45, 7) is 9.48. The van der Waals surface area contributed by atoms with E-state index in [1.165, 1.54) is 47.3 Å². The minimum absolute atomic E-state index is 0.164. The van der Waals surface area contributed by atoms with Gasteiger partial charge in [0.05, 0.1) is 0 Å². The van der Waals surface area contributed by atoms with Gasteiger partial charge < -0.3 is 4.90 Å². The first-order chi connectivity index (χ1) is 13.6. The highest BCUT2D eigenvalue weighted by Gasteiger charge is 2.21. The number of hydrogen-bond donors (Lipinski definition) is 0. The summed E-state index contributed by atoms with van der Waals surface area (Å²) in [6.07, 6.45) is 9.11. The number of benzene rings is 1. The fourth-order valence-corrected chi connectivity index (χ4v) is 4.79. The van der Waals surface area contributed by atoms with E-state index in [1.807, 2.05) is 4.57 Å². The van der Waals surface area contributed by atoms with Crippen LogP contribution in [0.4, 0.5) is 5.69 Å². The van der Waals surface area contributed by atoms with Crippen molar-refractivity contribution in [2.75, 3.05) is 37.6 Å². The Morgan fingerprint density at radius 2 is 1.71 bits per heavy atom. The van der Waals surface area contributed by atoms with Crippen LogP contribution in [0.1, 0.15) is 53.4 Å². The van der Waals surface area contributed by atoms with E-state index in [0.717, 1.165) is 52.0 Å². The normalized spacial score (nSPS) is 17.6. The Labute approximate surface area is 169 Å². The van der Waals surface area contributed by atoms with Crippen molar-refractivity contribution in [1.29, 1.82) is 0 Å². The van der Waals surface area contributed by atoms with Crippen LogP contribution in [0.2, 0.25) is 0 Å². The largest absolute Gasteiger partial charge is 0.369 e. The molecule has 1 fully saturated rings. The van der Waals surface area contributed by atoms with E-state index in [9.17, 15) is 4.79 Å². The maximum absolute atomic E-state index is 12.0. The molecule has 0 saturated carbocycles. The second-order valence-corrected chi connectivity index (χ2v) is 8.44. The molecule has 0 unspecified atom stereocenters. The van der Waals surface area contributed by atoms with Crippen molar-refractivity contribution >= 4 is 11.6 Å². The topological polar surface area (TPSA) is 28.5 Å². The van der Waals surface area contributed by atoms with Crippen molar-refractivity contribution < 1.29 is 4.79 Å². The van der Waals surface area contributed by atoms with Crippen molar-refractivity contribution in [3.8, 4) is 0 Å². The first-order valence-electron chi connectivity index (χ1n) is 10.9. The molecule has 2 heterocycles. The van der Waals surface area contributed by atoms with Crippen LogP contribution in [-0.4, -0.2) is 48.1 Å². The zero-order chi connectivity index (χ0) is 19.5. The number of carbonyl (C=O) groups is 1. The van der Waals surface area contributed by atoms with Crippen molar-refractivity contribution in [3.05, 3.63) is 52.8 Å². The summed E-state index contributed by atoms with van der Waals surface area (Å²) in [5.41, 5.74) is 6.86. The van der Waals surface area contributed by atoms with Crippen molar-refractivity contribution in [2.45, 2.75) is 52.4 Å². The summed E-state index contributed by atoms with van der Waals surface area (Å²) < 4.78 is 1.92. The molecule has 4 heteroatoms. The van der Waals surface area contributed by atoms with E-state index < -0.39 is 0 Å². The lowest BCUT2D eigenvalue weighted by atomic mass is 9.93. The molecule has 0 radical (unpaired) electrons. The fraction of sp³-hybridized carbons (Fsp3) is 0.542. The van der Waals surface area contributed by atoms with Crippen LogP contribution < -0.4 is 4.90 Å². The van der Waals surface area contributed by atoms with E-state index in [2.05, 4.69) is 47.2 Å². The number of nitrogens with zero attached hydrogens (tertiary/aromatic N) is 3. The Hall–Kier alpha value is -2.07. The van der Waals surface area contributed by atoms with Crippen LogP contribution in [0.25, 0.3) is 0 Å². The molecule has 1 aromatic carbocycles. The van der Waals surface area contributed by atoms with Gasteiger partial charge in [-0.2, -0.15) is 0 Å². The highest BCUT2D eigenvalue weighted by Crippen LogP contribution is 2.27. The molecule has 0 spiro atoms. The molecule has 1 saturated heterocycles. The summed E-state index contributed by atoms with van der Waals surface area (Å²) in [4.78, 5) is 17.1. The van der Waals surface area contributed by atoms with Gasteiger partial charge in [-0.1, -0.05) is 17.7 Å². The Morgan fingerprint density at radius 1 is 1.00 bits per heavy atom. The number of aryl methyl sites for hydroxylation is 2. The molecule has 28 heavy (non-hydrogen) atoms. The Kier molecular flexibility index (Phi) is 5.86. The van der Waals surface area contributed by atoms with E-state index in [1.54, 1.807) is 6.92 Å². The lowest BCUT2D eigenvalue weighted by Crippen LogP contribution is -2.46. The van der Waals surface area contributed by atoms with Gasteiger partial charge in [0.2, 0.25) is 5.91 Å². The van der Waals surface area contributed by atoms with Crippen LogP contribution >= 0.6 is 0 Å². The molecule has 4 rings (SSSR count). The minimum atomic E-state index is 0.164. The molecule has 4 nitrogen and oxygen atoms in total. The van der Waals surface area contributed by atoms with Gasteiger partial charge in [-0.05, 0) is 75.3 Å². The molecule has 0 atom stereocenters. The Balaban J connectivity index is 1.28. The lowest BCUT2D eigenvalue weighted by molar-refractivity contribution is 0.0933. The predicted molar refractivity (Wildman–Crippen MR) is 116 cm³/mol. The highest BCUT2D eigenvalue weighted by atomic mass is 16.1. The molecule has 0 bridgehead atoms. The molecular weight excluding hydrogens is 346 g/mol. The van der Waals surface area contributed by atoms with Gasteiger partial charge in [-0.3, -0.25) is 14.3 Å². The molecule has 1 aliphatic heterocycles. The van der Waals surface area contributed by atoms with Crippen LogP contribution in [0.15, 0.2) is 30.5 Å². The number of anilines is 1. The van der Waals surface area contributed by atoms with Gasteiger partial charge in [0.25, 0.3) is 0 Å². The van der Waals surface area contributed by atoms with E-state index >= 15 is 0 Å². The van der Waals surface area contributed by atoms with Crippen LogP contribution in [0, 0.1) is 6.92 Å². The van der Waals surface area contributed by atoms with Gasteiger partial charge in [0.1, 0.15) is 0 Å². The molecule has 1 aliphatic carbocycles. The quantitative estimate of drug-likeness (QED) is 0.783. The maximum Gasteiger partial charge on any atom is 0.227 e.